The van der Waals surface area contributed by atoms with E-state index in [0.717, 1.165) is 33.4 Å². The van der Waals surface area contributed by atoms with Gasteiger partial charge in [0.2, 0.25) is 11.8 Å². The van der Waals surface area contributed by atoms with Gasteiger partial charge in [-0.3, -0.25) is 20.4 Å². The highest BCUT2D eigenvalue weighted by atomic mass is 16.3. The molecule has 2 aromatic rings. The summed E-state index contributed by atoms with van der Waals surface area (Å²) in [4.78, 5) is 25.8. The number of phenolic OH excluding ortho intramolecular Hbond substituents is 2. The van der Waals surface area contributed by atoms with Gasteiger partial charge in [-0.25, -0.2) is 0 Å². The summed E-state index contributed by atoms with van der Waals surface area (Å²) in [6.45, 7) is 26.4. The molecule has 4 N–H and O–H groups in total. The molecule has 0 saturated carbocycles. The maximum absolute atomic E-state index is 13.1. The van der Waals surface area contributed by atoms with Crippen molar-refractivity contribution in [2.24, 2.45) is 0 Å². The van der Waals surface area contributed by atoms with Crippen LogP contribution in [0.1, 0.15) is 136 Å². The van der Waals surface area contributed by atoms with E-state index in [2.05, 4.69) is 52.4 Å². The smallest absolute Gasteiger partial charge is 0.245 e. The summed E-state index contributed by atoms with van der Waals surface area (Å²) in [5.41, 5.74) is 9.09. The number of amides is 2. The molecule has 2 rings (SSSR count). The Morgan fingerprint density at radius 1 is 0.650 bits per heavy atom. The van der Waals surface area contributed by atoms with Crippen LogP contribution >= 0.6 is 0 Å². The third kappa shape index (κ3) is 8.02. The van der Waals surface area contributed by atoms with E-state index in [0.29, 0.717) is 12.2 Å². The van der Waals surface area contributed by atoms with Crippen molar-refractivity contribution in [3.63, 3.8) is 0 Å². The van der Waals surface area contributed by atoms with Gasteiger partial charge < -0.3 is 10.2 Å². The number of carbonyl (C=O) groups excluding carboxylic acids is 2. The summed E-state index contributed by atoms with van der Waals surface area (Å²) in [7, 11) is 0. The van der Waals surface area contributed by atoms with Crippen LogP contribution in [0.3, 0.4) is 0 Å². The lowest BCUT2D eigenvalue weighted by molar-refractivity contribution is -0.129. The zero-order valence-electron chi connectivity index (χ0n) is 27.0. The van der Waals surface area contributed by atoms with Gasteiger partial charge in [0.25, 0.3) is 0 Å². The van der Waals surface area contributed by atoms with Crippen LogP contribution < -0.4 is 10.9 Å². The minimum Gasteiger partial charge on any atom is -0.507 e. The van der Waals surface area contributed by atoms with Gasteiger partial charge in [0.05, 0.1) is 5.92 Å². The van der Waals surface area contributed by atoms with Gasteiger partial charge in [0, 0.05) is 6.42 Å². The number of hydrazine groups is 1. The van der Waals surface area contributed by atoms with Crippen LogP contribution in [0.15, 0.2) is 24.3 Å². The molecule has 0 radical (unpaired) electrons. The monoisotopic (exact) mass is 552 g/mol. The maximum atomic E-state index is 13.1. The highest BCUT2D eigenvalue weighted by Crippen LogP contribution is 2.42. The fourth-order valence-electron chi connectivity index (χ4n) is 4.74. The Morgan fingerprint density at radius 3 is 1.35 bits per heavy atom. The fourth-order valence-corrected chi connectivity index (χ4v) is 4.74. The molecule has 0 fully saturated rings. The predicted molar refractivity (Wildman–Crippen MR) is 164 cm³/mol. The van der Waals surface area contributed by atoms with Crippen molar-refractivity contribution in [2.45, 2.75) is 130 Å². The molecule has 1 unspecified atom stereocenters. The highest BCUT2D eigenvalue weighted by molar-refractivity contribution is 5.86. The molecule has 1 atom stereocenters. The molecule has 0 aliphatic rings. The van der Waals surface area contributed by atoms with E-state index in [1.54, 1.807) is 6.92 Å². The summed E-state index contributed by atoms with van der Waals surface area (Å²) in [5.74, 6) is -0.576. The van der Waals surface area contributed by atoms with Gasteiger partial charge in [0.1, 0.15) is 11.5 Å². The Labute approximate surface area is 241 Å². The van der Waals surface area contributed by atoms with Gasteiger partial charge in [-0.15, -0.1) is 0 Å². The van der Waals surface area contributed by atoms with Crippen LogP contribution in [-0.2, 0) is 37.7 Å². The number of rotatable bonds is 5. The lowest BCUT2D eigenvalue weighted by atomic mass is 9.77. The molecule has 0 saturated heterocycles. The molecule has 222 valence electrons. The van der Waals surface area contributed by atoms with E-state index in [1.165, 1.54) is 0 Å². The van der Waals surface area contributed by atoms with E-state index >= 15 is 0 Å². The van der Waals surface area contributed by atoms with Gasteiger partial charge in [-0.2, -0.15) is 0 Å². The summed E-state index contributed by atoms with van der Waals surface area (Å²) in [6, 6.07) is 7.73. The standard InChI is InChI=1S/C34H52N2O4/c1-20(22-18-25(33(8,9)10)29(39)26(19-22)34(11,12)13)30(40)36-35-27(37)15-14-21-16-23(31(2,3)4)28(38)24(17-21)32(5,6)7/h16-20,38-39H,14-15H2,1-13H3,(H,35,37)(H,36,40). The lowest BCUT2D eigenvalue weighted by Gasteiger charge is -2.29. The summed E-state index contributed by atoms with van der Waals surface area (Å²) < 4.78 is 0. The molecule has 0 aliphatic heterocycles. The van der Waals surface area contributed by atoms with Crippen molar-refractivity contribution in [3.8, 4) is 11.5 Å². The number of hydrogen-bond donors (Lipinski definition) is 4. The number of aryl methyl sites for hydroxylation is 1. The summed E-state index contributed by atoms with van der Waals surface area (Å²) >= 11 is 0. The molecule has 0 spiro atoms. The van der Waals surface area contributed by atoms with Crippen molar-refractivity contribution >= 4 is 11.8 Å². The molecule has 40 heavy (non-hydrogen) atoms. The molecule has 2 aromatic carbocycles. The average Bonchev–Trinajstić information content (AvgIpc) is 2.78. The zero-order chi connectivity index (χ0) is 31.0. The number of carbonyl (C=O) groups is 2. The minimum atomic E-state index is -0.538. The van der Waals surface area contributed by atoms with Crippen LogP contribution in [0, 0.1) is 0 Å². The zero-order valence-corrected chi connectivity index (χ0v) is 27.0. The predicted octanol–water partition coefficient (Wildman–Crippen LogP) is 7.17. The summed E-state index contributed by atoms with van der Waals surface area (Å²) in [6.07, 6.45) is 0.666. The van der Waals surface area contributed by atoms with Gasteiger partial charge in [-0.05, 0) is 68.4 Å². The molecule has 0 aromatic heterocycles. The van der Waals surface area contributed by atoms with Crippen LogP contribution in [0.4, 0.5) is 0 Å². The second-order valence-electron chi connectivity index (χ2n) is 15.3. The second-order valence-corrected chi connectivity index (χ2v) is 15.3. The average molecular weight is 553 g/mol. The lowest BCUT2D eigenvalue weighted by Crippen LogP contribution is -2.43. The first-order valence-corrected chi connectivity index (χ1v) is 14.3. The van der Waals surface area contributed by atoms with Crippen molar-refractivity contribution in [1.29, 1.82) is 0 Å². The first-order valence-electron chi connectivity index (χ1n) is 14.3. The van der Waals surface area contributed by atoms with Crippen molar-refractivity contribution < 1.29 is 19.8 Å². The maximum Gasteiger partial charge on any atom is 0.245 e. The SMILES string of the molecule is CC(C(=O)NNC(=O)CCc1cc(C(C)(C)C)c(O)c(C(C)(C)C)c1)c1cc(C(C)(C)C)c(O)c(C(C)(C)C)c1. The Hall–Kier alpha value is -3.02. The molecule has 6 heteroatoms. The van der Waals surface area contributed by atoms with Gasteiger partial charge in [-0.1, -0.05) is 107 Å². The largest absolute Gasteiger partial charge is 0.507 e. The normalized spacial score (nSPS) is 13.6. The van der Waals surface area contributed by atoms with Crippen molar-refractivity contribution in [3.05, 3.63) is 57.6 Å². The van der Waals surface area contributed by atoms with Crippen molar-refractivity contribution in [2.75, 3.05) is 0 Å². The fraction of sp³-hybridized carbons (Fsp3) is 0.588. The number of aromatic hydroxyl groups is 2. The molecule has 0 aliphatic carbocycles. The Morgan fingerprint density at radius 2 is 1.00 bits per heavy atom. The molecule has 2 amide bonds. The Kier molecular flexibility index (Phi) is 9.51. The first-order chi connectivity index (χ1) is 17.9. The van der Waals surface area contributed by atoms with Crippen LogP contribution in [0.25, 0.3) is 0 Å². The van der Waals surface area contributed by atoms with E-state index < -0.39 is 5.92 Å². The van der Waals surface area contributed by atoms with Gasteiger partial charge in [0.15, 0.2) is 0 Å². The van der Waals surface area contributed by atoms with E-state index in [4.69, 9.17) is 0 Å². The molecular formula is C34H52N2O4. The quantitative estimate of drug-likeness (QED) is 0.296. The number of nitrogens with one attached hydrogen (secondary N) is 2. The third-order valence-electron chi connectivity index (χ3n) is 7.39. The topological polar surface area (TPSA) is 98.7 Å². The van der Waals surface area contributed by atoms with Crippen LogP contribution in [0.2, 0.25) is 0 Å². The second kappa shape index (κ2) is 11.5. The number of hydrogen-bond acceptors (Lipinski definition) is 4. The van der Waals surface area contributed by atoms with E-state index in [1.807, 2.05) is 65.8 Å². The third-order valence-corrected chi connectivity index (χ3v) is 7.39. The molecular weight excluding hydrogens is 500 g/mol. The number of benzene rings is 2. The first kappa shape index (κ1) is 33.2. The Balaban J connectivity index is 2.18. The Bertz CT molecular complexity index is 1180. The summed E-state index contributed by atoms with van der Waals surface area (Å²) in [5, 5.41) is 22.0. The van der Waals surface area contributed by atoms with Crippen molar-refractivity contribution in [1.82, 2.24) is 10.9 Å². The highest BCUT2D eigenvalue weighted by Gasteiger charge is 2.29. The van der Waals surface area contributed by atoms with Crippen LogP contribution in [-0.4, -0.2) is 22.0 Å². The number of phenols is 2. The van der Waals surface area contributed by atoms with Crippen LogP contribution in [0.5, 0.6) is 11.5 Å². The van der Waals surface area contributed by atoms with E-state index in [-0.39, 0.29) is 45.6 Å². The molecule has 0 bridgehead atoms. The minimum absolute atomic E-state index is 0.189. The molecule has 0 heterocycles. The van der Waals surface area contributed by atoms with Gasteiger partial charge >= 0.3 is 0 Å². The molecule has 6 nitrogen and oxygen atoms in total. The van der Waals surface area contributed by atoms with E-state index in [9.17, 15) is 19.8 Å².